The van der Waals surface area contributed by atoms with Crippen molar-refractivity contribution >= 4 is 9.84 Å². The monoisotopic (exact) mass is 386 g/mol. The number of aliphatic hydroxyl groups excluding tert-OH is 1. The number of rotatable bonds is 4. The molecule has 1 aromatic carbocycles. The van der Waals surface area contributed by atoms with E-state index in [9.17, 15) is 13.5 Å². The van der Waals surface area contributed by atoms with Gasteiger partial charge in [0.05, 0.1) is 11.5 Å². The van der Waals surface area contributed by atoms with Crippen LogP contribution in [-0.4, -0.2) is 68.7 Å². The van der Waals surface area contributed by atoms with Gasteiger partial charge in [-0.05, 0) is 26.0 Å². The van der Waals surface area contributed by atoms with Crippen LogP contribution in [0.1, 0.15) is 13.8 Å². The van der Waals surface area contributed by atoms with E-state index in [1.54, 1.807) is 32.0 Å². The van der Waals surface area contributed by atoms with Gasteiger partial charge in [0.15, 0.2) is 28.2 Å². The predicted molar refractivity (Wildman–Crippen MR) is 87.8 cm³/mol. The van der Waals surface area contributed by atoms with Crippen molar-refractivity contribution in [2.24, 2.45) is 0 Å². The number of ether oxygens (including phenoxy) is 5. The lowest BCUT2D eigenvalue weighted by Crippen LogP contribution is -2.42. The molecule has 9 heteroatoms. The summed E-state index contributed by atoms with van der Waals surface area (Å²) in [4.78, 5) is 0.214. The van der Waals surface area contributed by atoms with E-state index in [1.165, 1.54) is 12.1 Å². The summed E-state index contributed by atoms with van der Waals surface area (Å²) in [5.41, 5.74) is 0. The molecule has 0 aliphatic carbocycles. The van der Waals surface area contributed by atoms with Crippen molar-refractivity contribution in [2.45, 2.75) is 61.5 Å². The summed E-state index contributed by atoms with van der Waals surface area (Å²) >= 11 is 0. The molecule has 0 radical (unpaired) electrons. The average Bonchev–Trinajstić information content (AvgIpc) is 3.23. The van der Waals surface area contributed by atoms with E-state index in [0.29, 0.717) is 0 Å². The molecule has 3 aliphatic rings. The molecular weight excluding hydrogens is 364 g/mol. The van der Waals surface area contributed by atoms with Gasteiger partial charge in [0.25, 0.3) is 0 Å². The first-order chi connectivity index (χ1) is 12.3. The van der Waals surface area contributed by atoms with Crippen molar-refractivity contribution < 1.29 is 37.2 Å². The Balaban J connectivity index is 1.38. The summed E-state index contributed by atoms with van der Waals surface area (Å²) in [6, 6.07) is 8.13. The topological polar surface area (TPSA) is 101 Å². The van der Waals surface area contributed by atoms with Crippen LogP contribution in [0.2, 0.25) is 0 Å². The lowest BCUT2D eigenvalue weighted by molar-refractivity contribution is -0.227. The molecule has 3 heterocycles. The fourth-order valence-corrected chi connectivity index (χ4v) is 4.76. The summed E-state index contributed by atoms with van der Waals surface area (Å²) < 4.78 is 53.0. The van der Waals surface area contributed by atoms with Crippen LogP contribution in [0.3, 0.4) is 0 Å². The second-order valence-corrected chi connectivity index (χ2v) is 9.13. The molecule has 4 rings (SSSR count). The van der Waals surface area contributed by atoms with Gasteiger partial charge in [0.1, 0.15) is 30.2 Å². The van der Waals surface area contributed by atoms with Gasteiger partial charge < -0.3 is 28.8 Å². The second kappa shape index (κ2) is 6.52. The lowest BCUT2D eigenvalue weighted by atomic mass is 10.1. The molecule has 0 amide bonds. The fourth-order valence-electron chi connectivity index (χ4n) is 3.46. The minimum Gasteiger partial charge on any atom is -0.387 e. The molecule has 26 heavy (non-hydrogen) atoms. The van der Waals surface area contributed by atoms with Crippen LogP contribution in [0.25, 0.3) is 0 Å². The molecular formula is C17H22O8S. The molecule has 144 valence electrons. The highest BCUT2D eigenvalue weighted by molar-refractivity contribution is 7.91. The molecule has 3 fully saturated rings. The number of fused-ring (bicyclic) bond motifs is 1. The summed E-state index contributed by atoms with van der Waals surface area (Å²) in [7, 11) is -3.54. The zero-order valence-corrected chi connectivity index (χ0v) is 15.3. The van der Waals surface area contributed by atoms with Gasteiger partial charge in [0, 0.05) is 0 Å². The molecule has 0 aromatic heterocycles. The Hall–Kier alpha value is -1.07. The number of benzene rings is 1. The third-order valence-corrected chi connectivity index (χ3v) is 6.35. The lowest BCUT2D eigenvalue weighted by Gasteiger charge is -2.25. The second-order valence-electron chi connectivity index (χ2n) is 7.09. The Bertz CT molecular complexity index is 749. The molecule has 3 saturated heterocycles. The van der Waals surface area contributed by atoms with Gasteiger partial charge >= 0.3 is 0 Å². The maximum atomic E-state index is 12.4. The highest BCUT2D eigenvalue weighted by atomic mass is 32.2. The maximum Gasteiger partial charge on any atom is 0.190 e. The van der Waals surface area contributed by atoms with E-state index in [2.05, 4.69) is 0 Å². The predicted octanol–water partition coefficient (Wildman–Crippen LogP) is 0.439. The van der Waals surface area contributed by atoms with Gasteiger partial charge in [-0.25, -0.2) is 8.42 Å². The number of hydrogen-bond acceptors (Lipinski definition) is 8. The quantitative estimate of drug-likeness (QED) is 0.796. The zero-order chi connectivity index (χ0) is 18.5. The van der Waals surface area contributed by atoms with Crippen molar-refractivity contribution in [1.29, 1.82) is 0 Å². The van der Waals surface area contributed by atoms with Gasteiger partial charge in [-0.1, -0.05) is 18.2 Å². The molecule has 8 nitrogen and oxygen atoms in total. The standard InChI is InChI=1S/C17H22O8S/c1-17(2)24-15-13(18)14(23-16(15)25-17)11-8-21-12(22-11)9-26(19,20)10-6-4-3-5-7-10/h3-7,11-16,18H,8-9H2,1-2H3/t11-,12?,13+,14-,15-,16-/m1/s1. The number of sulfone groups is 1. The minimum atomic E-state index is -3.54. The van der Waals surface area contributed by atoms with Gasteiger partial charge in [0.2, 0.25) is 0 Å². The zero-order valence-electron chi connectivity index (χ0n) is 14.5. The Kier molecular flexibility index (Phi) is 4.59. The highest BCUT2D eigenvalue weighted by Gasteiger charge is 2.57. The summed E-state index contributed by atoms with van der Waals surface area (Å²) in [5, 5.41) is 10.5. The summed E-state index contributed by atoms with van der Waals surface area (Å²) in [6.45, 7) is 3.62. The Morgan fingerprint density at radius 1 is 1.12 bits per heavy atom. The van der Waals surface area contributed by atoms with E-state index < -0.39 is 52.6 Å². The van der Waals surface area contributed by atoms with E-state index in [1.807, 2.05) is 0 Å². The third kappa shape index (κ3) is 3.40. The van der Waals surface area contributed by atoms with Crippen LogP contribution in [-0.2, 0) is 33.5 Å². The SMILES string of the molecule is CC1(C)O[C@H]2O[C@H]([C@H]3COC(CS(=O)(=O)c4ccccc4)O3)[C@H](O)[C@H]2O1. The average molecular weight is 386 g/mol. The molecule has 1 aromatic rings. The van der Waals surface area contributed by atoms with E-state index >= 15 is 0 Å². The van der Waals surface area contributed by atoms with Crippen molar-refractivity contribution in [3.63, 3.8) is 0 Å². The minimum absolute atomic E-state index is 0.125. The normalized spacial score (nSPS) is 39.2. The van der Waals surface area contributed by atoms with Crippen LogP contribution >= 0.6 is 0 Å². The molecule has 0 spiro atoms. The van der Waals surface area contributed by atoms with E-state index in [-0.39, 0.29) is 17.3 Å². The van der Waals surface area contributed by atoms with Crippen molar-refractivity contribution in [3.8, 4) is 0 Å². The Morgan fingerprint density at radius 2 is 1.85 bits per heavy atom. The first kappa shape index (κ1) is 18.3. The molecule has 0 saturated carbocycles. The van der Waals surface area contributed by atoms with Crippen molar-refractivity contribution in [3.05, 3.63) is 30.3 Å². The van der Waals surface area contributed by atoms with Crippen LogP contribution < -0.4 is 0 Å². The third-order valence-electron chi connectivity index (χ3n) is 4.65. The van der Waals surface area contributed by atoms with Crippen LogP contribution in [0, 0.1) is 0 Å². The number of aliphatic hydroxyl groups is 1. The molecule has 6 atom stereocenters. The van der Waals surface area contributed by atoms with Gasteiger partial charge in [-0.3, -0.25) is 0 Å². The van der Waals surface area contributed by atoms with Crippen molar-refractivity contribution in [1.82, 2.24) is 0 Å². The largest absolute Gasteiger partial charge is 0.387 e. The van der Waals surface area contributed by atoms with Crippen molar-refractivity contribution in [2.75, 3.05) is 12.4 Å². The van der Waals surface area contributed by atoms with Crippen LogP contribution in [0.5, 0.6) is 0 Å². The summed E-state index contributed by atoms with van der Waals surface area (Å²) in [6.07, 6.45) is -4.45. The van der Waals surface area contributed by atoms with E-state index in [4.69, 9.17) is 23.7 Å². The highest BCUT2D eigenvalue weighted by Crippen LogP contribution is 2.39. The van der Waals surface area contributed by atoms with Crippen LogP contribution in [0.15, 0.2) is 35.2 Å². The van der Waals surface area contributed by atoms with Gasteiger partial charge in [-0.2, -0.15) is 0 Å². The Labute approximate surface area is 151 Å². The summed E-state index contributed by atoms with van der Waals surface area (Å²) in [5.74, 6) is -1.12. The first-order valence-electron chi connectivity index (χ1n) is 8.49. The molecule has 0 bridgehead atoms. The van der Waals surface area contributed by atoms with E-state index in [0.717, 1.165) is 0 Å². The number of hydrogen-bond donors (Lipinski definition) is 1. The van der Waals surface area contributed by atoms with Gasteiger partial charge in [-0.15, -0.1) is 0 Å². The van der Waals surface area contributed by atoms with Crippen LogP contribution in [0.4, 0.5) is 0 Å². The maximum absolute atomic E-state index is 12.4. The molecule has 1 N–H and O–H groups in total. The molecule has 3 aliphatic heterocycles. The first-order valence-corrected chi connectivity index (χ1v) is 10.1. The fraction of sp³-hybridized carbons (Fsp3) is 0.647. The Morgan fingerprint density at radius 3 is 2.54 bits per heavy atom. The molecule has 1 unspecified atom stereocenters. The smallest absolute Gasteiger partial charge is 0.190 e.